The third kappa shape index (κ3) is 21.9. The lowest BCUT2D eigenvalue weighted by molar-refractivity contribution is -0.121. The molecule has 29 heavy (non-hydrogen) atoms. The molecule has 0 aromatic heterocycles. The summed E-state index contributed by atoms with van der Waals surface area (Å²) in [5.41, 5.74) is 0. The van der Waals surface area contributed by atoms with E-state index in [2.05, 4.69) is 31.0 Å². The van der Waals surface area contributed by atoms with Gasteiger partial charge in [-0.25, -0.2) is 0 Å². The number of amides is 1. The molecule has 174 valence electrons. The topological polar surface area (TPSA) is 32.3 Å². The van der Waals surface area contributed by atoms with Crippen LogP contribution in [0.2, 0.25) is 0 Å². The van der Waals surface area contributed by atoms with Crippen LogP contribution in [0.3, 0.4) is 0 Å². The Kier molecular flexibility index (Phi) is 23.2. The molecule has 0 unspecified atom stereocenters. The Morgan fingerprint density at radius 1 is 0.552 bits per heavy atom. The van der Waals surface area contributed by atoms with Crippen LogP contribution in [0, 0.1) is 0 Å². The molecule has 3 nitrogen and oxygen atoms in total. The minimum Gasteiger partial charge on any atom is -0.356 e. The average molecular weight is 411 g/mol. The molecule has 0 heterocycles. The Balaban J connectivity index is 3.27. The molecule has 0 aliphatic heterocycles. The molecule has 0 spiro atoms. The number of nitrogens with one attached hydrogen (secondary N) is 1. The van der Waals surface area contributed by atoms with Crippen LogP contribution >= 0.6 is 0 Å². The molecule has 0 radical (unpaired) electrons. The maximum Gasteiger partial charge on any atom is 0.221 e. The van der Waals surface area contributed by atoms with E-state index >= 15 is 0 Å². The summed E-state index contributed by atoms with van der Waals surface area (Å²) in [6.07, 6.45) is 23.8. The Morgan fingerprint density at radius 3 is 1.38 bits per heavy atom. The fourth-order valence-corrected chi connectivity index (χ4v) is 4.04. The predicted molar refractivity (Wildman–Crippen MR) is 130 cm³/mol. The van der Waals surface area contributed by atoms with Gasteiger partial charge in [0.05, 0.1) is 0 Å². The fourth-order valence-electron chi connectivity index (χ4n) is 4.04. The zero-order valence-electron chi connectivity index (χ0n) is 20.4. The van der Waals surface area contributed by atoms with Gasteiger partial charge in [0.2, 0.25) is 5.91 Å². The van der Waals surface area contributed by atoms with Crippen molar-refractivity contribution < 1.29 is 4.79 Å². The standard InChI is InChI=1S/C26H54N2O/c1-4-7-8-9-10-11-12-13-14-15-16-17-18-19-20-22-27-26(29)21-25-28(23-5-2)24-6-3/h4-25H2,1-3H3,(H,27,29). The van der Waals surface area contributed by atoms with E-state index in [4.69, 9.17) is 0 Å². The molecule has 3 heteroatoms. The molecule has 0 saturated carbocycles. The maximum atomic E-state index is 12.0. The number of nitrogens with zero attached hydrogens (tertiary/aromatic N) is 1. The van der Waals surface area contributed by atoms with Gasteiger partial charge >= 0.3 is 0 Å². The summed E-state index contributed by atoms with van der Waals surface area (Å²) >= 11 is 0. The first-order valence-electron chi connectivity index (χ1n) is 13.2. The summed E-state index contributed by atoms with van der Waals surface area (Å²) in [5.74, 6) is 0.229. The Hall–Kier alpha value is -0.570. The first-order valence-corrected chi connectivity index (χ1v) is 13.2. The van der Waals surface area contributed by atoms with E-state index in [0.717, 1.165) is 32.6 Å². The van der Waals surface area contributed by atoms with Gasteiger partial charge in [-0.3, -0.25) is 4.79 Å². The van der Waals surface area contributed by atoms with E-state index in [-0.39, 0.29) is 5.91 Å². The summed E-state index contributed by atoms with van der Waals surface area (Å²) in [4.78, 5) is 14.4. The smallest absolute Gasteiger partial charge is 0.221 e. The third-order valence-electron chi connectivity index (χ3n) is 5.84. The second-order valence-electron chi connectivity index (χ2n) is 8.89. The van der Waals surface area contributed by atoms with Crippen LogP contribution < -0.4 is 5.32 Å². The molecule has 0 saturated heterocycles. The van der Waals surface area contributed by atoms with Gasteiger partial charge in [-0.1, -0.05) is 111 Å². The van der Waals surface area contributed by atoms with Crippen LogP contribution in [0.1, 0.15) is 136 Å². The first kappa shape index (κ1) is 28.4. The average Bonchev–Trinajstić information content (AvgIpc) is 2.72. The van der Waals surface area contributed by atoms with Gasteiger partial charge in [0.1, 0.15) is 0 Å². The molecule has 1 N–H and O–H groups in total. The van der Waals surface area contributed by atoms with Crippen molar-refractivity contribution in [3.8, 4) is 0 Å². The minimum atomic E-state index is 0.229. The number of carbonyl (C=O) groups excluding carboxylic acids is 1. The van der Waals surface area contributed by atoms with Gasteiger partial charge in [0.25, 0.3) is 0 Å². The van der Waals surface area contributed by atoms with Gasteiger partial charge in [0, 0.05) is 19.5 Å². The highest BCUT2D eigenvalue weighted by molar-refractivity contribution is 5.75. The molecule has 0 fully saturated rings. The normalized spacial score (nSPS) is 11.3. The molecule has 0 atom stereocenters. The zero-order chi connectivity index (χ0) is 21.4. The monoisotopic (exact) mass is 410 g/mol. The van der Waals surface area contributed by atoms with Gasteiger partial charge in [-0.05, 0) is 32.4 Å². The summed E-state index contributed by atoms with van der Waals surface area (Å²) < 4.78 is 0. The number of unbranched alkanes of at least 4 members (excludes halogenated alkanes) is 14. The van der Waals surface area contributed by atoms with Crippen LogP contribution in [-0.2, 0) is 4.79 Å². The molecule has 0 rings (SSSR count). The number of carbonyl (C=O) groups is 1. The first-order chi connectivity index (χ1) is 14.2. The Morgan fingerprint density at radius 2 is 0.966 bits per heavy atom. The van der Waals surface area contributed by atoms with Gasteiger partial charge in [-0.2, -0.15) is 0 Å². The van der Waals surface area contributed by atoms with Crippen molar-refractivity contribution in [2.45, 2.75) is 136 Å². The maximum absolute atomic E-state index is 12.0. The number of hydrogen-bond donors (Lipinski definition) is 1. The van der Waals surface area contributed by atoms with Crippen molar-refractivity contribution in [3.63, 3.8) is 0 Å². The summed E-state index contributed by atoms with van der Waals surface area (Å²) in [6, 6.07) is 0. The number of rotatable bonds is 23. The molecule has 0 bridgehead atoms. The van der Waals surface area contributed by atoms with Crippen LogP contribution in [0.25, 0.3) is 0 Å². The molecule has 1 amide bonds. The summed E-state index contributed by atoms with van der Waals surface area (Å²) in [7, 11) is 0. The lowest BCUT2D eigenvalue weighted by atomic mass is 10.0. The third-order valence-corrected chi connectivity index (χ3v) is 5.84. The van der Waals surface area contributed by atoms with Crippen molar-refractivity contribution in [3.05, 3.63) is 0 Å². The fraction of sp³-hybridized carbons (Fsp3) is 0.962. The van der Waals surface area contributed by atoms with E-state index in [0.29, 0.717) is 6.42 Å². The molecule has 0 aromatic carbocycles. The SMILES string of the molecule is CCCCCCCCCCCCCCCCCNC(=O)CCN(CCC)CCC. The minimum absolute atomic E-state index is 0.229. The van der Waals surface area contributed by atoms with E-state index in [1.54, 1.807) is 0 Å². The lowest BCUT2D eigenvalue weighted by Crippen LogP contribution is -2.32. The summed E-state index contributed by atoms with van der Waals surface area (Å²) in [5, 5.41) is 3.10. The zero-order valence-corrected chi connectivity index (χ0v) is 20.4. The second-order valence-corrected chi connectivity index (χ2v) is 8.89. The van der Waals surface area contributed by atoms with E-state index in [9.17, 15) is 4.79 Å². The summed E-state index contributed by atoms with van der Waals surface area (Å²) in [6.45, 7) is 10.7. The van der Waals surface area contributed by atoms with Crippen LogP contribution in [-0.4, -0.2) is 37.0 Å². The van der Waals surface area contributed by atoms with Crippen molar-refractivity contribution in [1.82, 2.24) is 10.2 Å². The van der Waals surface area contributed by atoms with E-state index in [1.807, 2.05) is 0 Å². The Bertz CT molecular complexity index is 327. The highest BCUT2D eigenvalue weighted by Gasteiger charge is 2.06. The molecular weight excluding hydrogens is 356 g/mol. The van der Waals surface area contributed by atoms with Crippen LogP contribution in [0.5, 0.6) is 0 Å². The molecular formula is C26H54N2O. The molecule has 0 aliphatic carbocycles. The van der Waals surface area contributed by atoms with Gasteiger partial charge in [0.15, 0.2) is 0 Å². The van der Waals surface area contributed by atoms with Gasteiger partial charge < -0.3 is 10.2 Å². The van der Waals surface area contributed by atoms with Crippen molar-refractivity contribution in [2.75, 3.05) is 26.2 Å². The van der Waals surface area contributed by atoms with E-state index in [1.165, 1.54) is 103 Å². The lowest BCUT2D eigenvalue weighted by Gasteiger charge is -2.20. The van der Waals surface area contributed by atoms with Gasteiger partial charge in [-0.15, -0.1) is 0 Å². The van der Waals surface area contributed by atoms with E-state index < -0.39 is 0 Å². The highest BCUT2D eigenvalue weighted by atomic mass is 16.1. The van der Waals surface area contributed by atoms with Crippen molar-refractivity contribution in [2.24, 2.45) is 0 Å². The Labute approximate surface area is 183 Å². The number of hydrogen-bond acceptors (Lipinski definition) is 2. The predicted octanol–water partition coefficient (Wildman–Crippen LogP) is 7.49. The van der Waals surface area contributed by atoms with Crippen molar-refractivity contribution >= 4 is 5.91 Å². The molecule has 0 aromatic rings. The quantitative estimate of drug-likeness (QED) is 0.177. The molecule has 0 aliphatic rings. The second kappa shape index (κ2) is 23.7. The van der Waals surface area contributed by atoms with Crippen molar-refractivity contribution in [1.29, 1.82) is 0 Å². The van der Waals surface area contributed by atoms with Crippen LogP contribution in [0.15, 0.2) is 0 Å². The largest absolute Gasteiger partial charge is 0.356 e. The van der Waals surface area contributed by atoms with Crippen LogP contribution in [0.4, 0.5) is 0 Å². The highest BCUT2D eigenvalue weighted by Crippen LogP contribution is 2.13.